The molecular weight excluding hydrogens is 308 g/mol. The summed E-state index contributed by atoms with van der Waals surface area (Å²) in [6, 6.07) is 11.1. The third-order valence-corrected chi connectivity index (χ3v) is 3.64. The summed E-state index contributed by atoms with van der Waals surface area (Å²) in [6.07, 6.45) is -0.438. The highest BCUT2D eigenvalue weighted by Gasteiger charge is 2.16. The van der Waals surface area contributed by atoms with Crippen molar-refractivity contribution in [2.24, 2.45) is 0 Å². The topological polar surface area (TPSA) is 91.6 Å². The van der Waals surface area contributed by atoms with Crippen molar-refractivity contribution in [3.63, 3.8) is 0 Å². The Labute approximate surface area is 140 Å². The zero-order chi connectivity index (χ0) is 17.5. The molecule has 1 aromatic heterocycles. The first-order valence-electron chi connectivity index (χ1n) is 7.82. The van der Waals surface area contributed by atoms with E-state index in [1.165, 1.54) is 0 Å². The van der Waals surface area contributed by atoms with Crippen molar-refractivity contribution in [3.05, 3.63) is 59.0 Å². The number of nitrogens with one attached hydrogen (secondary N) is 2. The number of furan rings is 1. The van der Waals surface area contributed by atoms with Crippen LogP contribution in [0, 0.1) is 13.8 Å². The minimum atomic E-state index is -0.741. The predicted octanol–water partition coefficient (Wildman–Crippen LogP) is 1.75. The van der Waals surface area contributed by atoms with E-state index in [0.717, 1.165) is 11.3 Å². The van der Waals surface area contributed by atoms with Crippen molar-refractivity contribution >= 4 is 11.8 Å². The van der Waals surface area contributed by atoms with E-state index in [2.05, 4.69) is 10.6 Å². The van der Waals surface area contributed by atoms with E-state index in [-0.39, 0.29) is 6.54 Å². The van der Waals surface area contributed by atoms with Crippen molar-refractivity contribution in [3.8, 4) is 0 Å². The Bertz CT molecular complexity index is 694. The lowest BCUT2D eigenvalue weighted by atomic mass is 10.1. The zero-order valence-electron chi connectivity index (χ0n) is 13.8. The fraction of sp³-hybridized carbons (Fsp3) is 0.333. The minimum Gasteiger partial charge on any atom is -0.466 e. The Morgan fingerprint density at radius 1 is 1.12 bits per heavy atom. The summed E-state index contributed by atoms with van der Waals surface area (Å²) in [4.78, 5) is 23.4. The molecule has 0 bridgehead atoms. The van der Waals surface area contributed by atoms with Crippen LogP contribution >= 0.6 is 0 Å². The summed E-state index contributed by atoms with van der Waals surface area (Å²) < 4.78 is 5.36. The van der Waals surface area contributed by atoms with Gasteiger partial charge < -0.3 is 20.2 Å². The van der Waals surface area contributed by atoms with E-state index in [4.69, 9.17) is 4.42 Å². The molecule has 2 amide bonds. The fourth-order valence-electron chi connectivity index (χ4n) is 2.40. The number of aryl methyl sites for hydroxylation is 2. The molecule has 2 rings (SSSR count). The summed E-state index contributed by atoms with van der Waals surface area (Å²) in [5.74, 6) is -0.0142. The van der Waals surface area contributed by atoms with Gasteiger partial charge in [0.25, 0.3) is 0 Å². The van der Waals surface area contributed by atoms with Gasteiger partial charge in [0.2, 0.25) is 0 Å². The van der Waals surface area contributed by atoms with Crippen LogP contribution in [0.5, 0.6) is 0 Å². The summed E-state index contributed by atoms with van der Waals surface area (Å²) in [7, 11) is 0. The maximum Gasteiger partial charge on any atom is 0.309 e. The Kier molecular flexibility index (Phi) is 6.14. The van der Waals surface area contributed by atoms with E-state index < -0.39 is 17.9 Å². The van der Waals surface area contributed by atoms with Crippen LogP contribution in [0.3, 0.4) is 0 Å². The van der Waals surface area contributed by atoms with Crippen molar-refractivity contribution in [1.29, 1.82) is 0 Å². The molecule has 0 spiro atoms. The van der Waals surface area contributed by atoms with Gasteiger partial charge in [0.15, 0.2) is 0 Å². The molecule has 0 saturated carbocycles. The van der Waals surface area contributed by atoms with Gasteiger partial charge in [0.05, 0.1) is 6.10 Å². The SMILES string of the molecule is Cc1cc(C(O)CCNC(=O)C(=O)NCc2ccccc2)c(C)o1. The molecule has 0 aliphatic heterocycles. The van der Waals surface area contributed by atoms with Crippen molar-refractivity contribution in [1.82, 2.24) is 10.6 Å². The Balaban J connectivity index is 1.72. The van der Waals surface area contributed by atoms with E-state index >= 15 is 0 Å². The monoisotopic (exact) mass is 330 g/mol. The average Bonchev–Trinajstić information content (AvgIpc) is 2.91. The van der Waals surface area contributed by atoms with Crippen molar-refractivity contribution in [2.75, 3.05) is 6.54 Å². The second kappa shape index (κ2) is 8.31. The average molecular weight is 330 g/mol. The first kappa shape index (κ1) is 17.7. The van der Waals surface area contributed by atoms with Gasteiger partial charge in [-0.1, -0.05) is 30.3 Å². The third kappa shape index (κ3) is 4.96. The summed E-state index contributed by atoms with van der Waals surface area (Å²) in [6.45, 7) is 4.08. The summed E-state index contributed by atoms with van der Waals surface area (Å²) >= 11 is 0. The van der Waals surface area contributed by atoms with Gasteiger partial charge in [-0.25, -0.2) is 0 Å². The fourth-order valence-corrected chi connectivity index (χ4v) is 2.40. The van der Waals surface area contributed by atoms with Crippen molar-refractivity contribution in [2.45, 2.75) is 32.9 Å². The molecule has 0 saturated heterocycles. The van der Waals surface area contributed by atoms with Gasteiger partial charge in [-0.05, 0) is 31.9 Å². The number of aliphatic hydroxyl groups excluding tert-OH is 1. The van der Waals surface area contributed by atoms with E-state index in [9.17, 15) is 14.7 Å². The van der Waals surface area contributed by atoms with Gasteiger partial charge in [0.1, 0.15) is 11.5 Å². The molecule has 128 valence electrons. The van der Waals surface area contributed by atoms with Crippen LogP contribution in [0.4, 0.5) is 0 Å². The highest BCUT2D eigenvalue weighted by Crippen LogP contribution is 2.23. The van der Waals surface area contributed by atoms with Crippen LogP contribution < -0.4 is 10.6 Å². The third-order valence-electron chi connectivity index (χ3n) is 3.64. The lowest BCUT2D eigenvalue weighted by Crippen LogP contribution is -2.40. The number of carbonyl (C=O) groups excluding carboxylic acids is 2. The molecule has 1 unspecified atom stereocenters. The van der Waals surface area contributed by atoms with Gasteiger partial charge in [-0.3, -0.25) is 9.59 Å². The molecule has 24 heavy (non-hydrogen) atoms. The Morgan fingerprint density at radius 2 is 1.79 bits per heavy atom. The standard InChI is InChI=1S/C18H22N2O4/c1-12-10-15(13(2)24-12)16(21)8-9-19-17(22)18(23)20-11-14-6-4-3-5-7-14/h3-7,10,16,21H,8-9,11H2,1-2H3,(H,19,22)(H,20,23). The number of amides is 2. The number of rotatable bonds is 6. The molecule has 0 aliphatic rings. The molecule has 0 fully saturated rings. The number of benzene rings is 1. The minimum absolute atomic E-state index is 0.197. The second-order valence-corrected chi connectivity index (χ2v) is 5.60. The van der Waals surface area contributed by atoms with Crippen LogP contribution in [0.2, 0.25) is 0 Å². The maximum absolute atomic E-state index is 11.7. The molecule has 6 nitrogen and oxygen atoms in total. The first-order chi connectivity index (χ1) is 11.5. The molecule has 2 aromatic rings. The van der Waals surface area contributed by atoms with Crippen molar-refractivity contribution < 1.29 is 19.1 Å². The Morgan fingerprint density at radius 3 is 2.42 bits per heavy atom. The number of carbonyl (C=O) groups is 2. The van der Waals surface area contributed by atoms with Gasteiger partial charge in [-0.15, -0.1) is 0 Å². The van der Waals surface area contributed by atoms with E-state index in [1.807, 2.05) is 37.3 Å². The maximum atomic E-state index is 11.7. The number of hydrogen-bond donors (Lipinski definition) is 3. The second-order valence-electron chi connectivity index (χ2n) is 5.60. The Hall–Kier alpha value is -2.60. The molecule has 0 aliphatic carbocycles. The summed E-state index contributed by atoms with van der Waals surface area (Å²) in [5, 5.41) is 15.2. The smallest absolute Gasteiger partial charge is 0.309 e. The zero-order valence-corrected chi connectivity index (χ0v) is 13.8. The van der Waals surface area contributed by atoms with Crippen LogP contribution in [0.15, 0.2) is 40.8 Å². The lowest BCUT2D eigenvalue weighted by molar-refractivity contribution is -0.139. The molecular formula is C18H22N2O4. The van der Waals surface area contributed by atoms with Crippen LogP contribution in [-0.2, 0) is 16.1 Å². The van der Waals surface area contributed by atoms with Gasteiger partial charge in [-0.2, -0.15) is 0 Å². The lowest BCUT2D eigenvalue weighted by Gasteiger charge is -2.10. The van der Waals surface area contributed by atoms with E-state index in [0.29, 0.717) is 24.3 Å². The van der Waals surface area contributed by atoms with Crippen LogP contribution in [0.1, 0.15) is 35.2 Å². The van der Waals surface area contributed by atoms with E-state index in [1.54, 1.807) is 13.0 Å². The van der Waals surface area contributed by atoms with Crippen LogP contribution in [0.25, 0.3) is 0 Å². The molecule has 0 radical (unpaired) electrons. The van der Waals surface area contributed by atoms with Gasteiger partial charge in [0, 0.05) is 18.7 Å². The highest BCUT2D eigenvalue weighted by atomic mass is 16.3. The molecule has 1 atom stereocenters. The normalized spacial score (nSPS) is 11.8. The molecule has 6 heteroatoms. The van der Waals surface area contributed by atoms with Crippen LogP contribution in [-0.4, -0.2) is 23.5 Å². The predicted molar refractivity (Wildman–Crippen MR) is 89.1 cm³/mol. The number of aliphatic hydroxyl groups is 1. The molecule has 1 heterocycles. The summed E-state index contributed by atoms with van der Waals surface area (Å²) in [5.41, 5.74) is 1.62. The molecule has 1 aromatic carbocycles. The molecule has 3 N–H and O–H groups in total. The first-order valence-corrected chi connectivity index (χ1v) is 7.82. The van der Waals surface area contributed by atoms with Gasteiger partial charge >= 0.3 is 11.8 Å². The number of hydrogen-bond acceptors (Lipinski definition) is 4. The quantitative estimate of drug-likeness (QED) is 0.704. The highest BCUT2D eigenvalue weighted by molar-refractivity contribution is 6.35. The largest absolute Gasteiger partial charge is 0.466 e.